The molecule has 0 spiro atoms. The molecule has 1 amide bonds. The number of hydrogen-bond acceptors (Lipinski definition) is 4. The molecule has 1 saturated carbocycles. The average molecular weight is 291 g/mol. The fraction of sp³-hybridized carbons (Fsp3) is 0.625. The van der Waals surface area contributed by atoms with E-state index in [9.17, 15) is 4.79 Å². The molecule has 2 N–H and O–H groups in total. The lowest BCUT2D eigenvalue weighted by Crippen LogP contribution is -2.41. The summed E-state index contributed by atoms with van der Waals surface area (Å²) in [6.07, 6.45) is 5.56. The summed E-state index contributed by atoms with van der Waals surface area (Å²) in [7, 11) is 1.65. The van der Waals surface area contributed by atoms with Crippen molar-refractivity contribution in [2.45, 2.75) is 38.3 Å². The number of pyridine rings is 1. The van der Waals surface area contributed by atoms with Gasteiger partial charge >= 0.3 is 0 Å². The van der Waals surface area contributed by atoms with Gasteiger partial charge in [-0.3, -0.25) is 9.78 Å². The summed E-state index contributed by atoms with van der Waals surface area (Å²) in [5, 5.41) is 0. The highest BCUT2D eigenvalue weighted by Gasteiger charge is 2.29. The molecule has 0 aliphatic heterocycles. The average Bonchev–Trinajstić information content (AvgIpc) is 2.51. The van der Waals surface area contributed by atoms with Gasteiger partial charge in [0.05, 0.1) is 18.8 Å². The van der Waals surface area contributed by atoms with Crippen molar-refractivity contribution in [1.82, 2.24) is 9.88 Å². The molecule has 1 heterocycles. The molecular formula is C16H25N3O2. The minimum absolute atomic E-state index is 0.0503. The van der Waals surface area contributed by atoms with Gasteiger partial charge in [0, 0.05) is 31.8 Å². The van der Waals surface area contributed by atoms with Crippen LogP contribution in [-0.4, -0.2) is 42.1 Å². The Kier molecular flexibility index (Phi) is 6.14. The van der Waals surface area contributed by atoms with Crippen molar-refractivity contribution in [3.8, 4) is 0 Å². The van der Waals surface area contributed by atoms with Gasteiger partial charge in [0.15, 0.2) is 0 Å². The Labute approximate surface area is 126 Å². The zero-order valence-corrected chi connectivity index (χ0v) is 12.7. The van der Waals surface area contributed by atoms with E-state index < -0.39 is 0 Å². The predicted octanol–water partition coefficient (Wildman–Crippen LogP) is 1.57. The van der Waals surface area contributed by atoms with Crippen LogP contribution in [0.5, 0.6) is 0 Å². The Balaban J connectivity index is 2.02. The first-order chi connectivity index (χ1) is 10.2. The Morgan fingerprint density at radius 1 is 1.48 bits per heavy atom. The summed E-state index contributed by atoms with van der Waals surface area (Å²) in [6.45, 7) is 1.67. The third kappa shape index (κ3) is 4.79. The second kappa shape index (κ2) is 8.10. The van der Waals surface area contributed by atoms with E-state index in [0.717, 1.165) is 31.4 Å². The van der Waals surface area contributed by atoms with Crippen molar-refractivity contribution in [2.75, 3.05) is 20.3 Å². The molecule has 0 aromatic carbocycles. The minimum Gasteiger partial charge on any atom is -0.383 e. The quantitative estimate of drug-likeness (QED) is 0.864. The van der Waals surface area contributed by atoms with E-state index in [1.54, 1.807) is 13.3 Å². The highest BCUT2D eigenvalue weighted by Crippen LogP contribution is 2.25. The molecule has 0 radical (unpaired) electrons. The Morgan fingerprint density at radius 3 is 3.00 bits per heavy atom. The van der Waals surface area contributed by atoms with Gasteiger partial charge in [0.2, 0.25) is 5.91 Å². The standard InChI is InChI=1S/C16H25N3O2/c1-21-10-9-19(12-15-7-2-3-8-18-15)16(20)13-5-4-6-14(17)11-13/h2-3,7-8,13-14H,4-6,9-12,17H2,1H3. The first-order valence-electron chi connectivity index (χ1n) is 7.64. The topological polar surface area (TPSA) is 68.5 Å². The maximum absolute atomic E-state index is 12.7. The SMILES string of the molecule is COCCN(Cc1ccccn1)C(=O)C1CCCC(N)C1. The third-order valence-electron chi connectivity index (χ3n) is 4.02. The highest BCUT2D eigenvalue weighted by atomic mass is 16.5. The molecule has 1 aliphatic carbocycles. The number of aromatic nitrogens is 1. The number of rotatable bonds is 6. The van der Waals surface area contributed by atoms with E-state index in [1.165, 1.54) is 0 Å². The number of hydrogen-bond donors (Lipinski definition) is 1. The van der Waals surface area contributed by atoms with E-state index in [4.69, 9.17) is 10.5 Å². The molecular weight excluding hydrogens is 266 g/mol. The summed E-state index contributed by atoms with van der Waals surface area (Å²) in [5.74, 6) is 0.238. The first-order valence-corrected chi connectivity index (χ1v) is 7.64. The van der Waals surface area contributed by atoms with Crippen LogP contribution in [0.1, 0.15) is 31.4 Å². The highest BCUT2D eigenvalue weighted by molar-refractivity contribution is 5.79. The number of carbonyl (C=O) groups excluding carboxylic acids is 1. The lowest BCUT2D eigenvalue weighted by atomic mass is 9.85. The van der Waals surface area contributed by atoms with Crippen molar-refractivity contribution >= 4 is 5.91 Å². The van der Waals surface area contributed by atoms with Gasteiger partial charge in [0.1, 0.15) is 0 Å². The fourth-order valence-electron chi connectivity index (χ4n) is 2.87. The maximum Gasteiger partial charge on any atom is 0.226 e. The van der Waals surface area contributed by atoms with Crippen molar-refractivity contribution in [3.05, 3.63) is 30.1 Å². The summed E-state index contributed by atoms with van der Waals surface area (Å²) in [6, 6.07) is 5.93. The van der Waals surface area contributed by atoms with Crippen molar-refractivity contribution in [2.24, 2.45) is 11.7 Å². The van der Waals surface area contributed by atoms with Crippen LogP contribution in [0.15, 0.2) is 24.4 Å². The molecule has 5 nitrogen and oxygen atoms in total. The van der Waals surface area contributed by atoms with Crippen LogP contribution in [-0.2, 0) is 16.1 Å². The number of methoxy groups -OCH3 is 1. The zero-order chi connectivity index (χ0) is 15.1. The normalized spacial score (nSPS) is 22.0. The number of amides is 1. The lowest BCUT2D eigenvalue weighted by Gasteiger charge is -2.31. The van der Waals surface area contributed by atoms with E-state index in [-0.39, 0.29) is 17.9 Å². The minimum atomic E-state index is 0.0503. The summed E-state index contributed by atoms with van der Waals surface area (Å²) in [5.41, 5.74) is 6.91. The van der Waals surface area contributed by atoms with Crippen molar-refractivity contribution in [1.29, 1.82) is 0 Å². The van der Waals surface area contributed by atoms with Gasteiger partial charge in [-0.2, -0.15) is 0 Å². The van der Waals surface area contributed by atoms with Gasteiger partial charge < -0.3 is 15.4 Å². The fourth-order valence-corrected chi connectivity index (χ4v) is 2.87. The van der Waals surface area contributed by atoms with Gasteiger partial charge in [-0.15, -0.1) is 0 Å². The first kappa shape index (κ1) is 15.9. The Hall–Kier alpha value is -1.46. The molecule has 1 fully saturated rings. The maximum atomic E-state index is 12.7. The number of carbonyl (C=O) groups is 1. The number of ether oxygens (including phenoxy) is 1. The Bertz CT molecular complexity index is 438. The molecule has 0 saturated heterocycles. The third-order valence-corrected chi connectivity index (χ3v) is 4.02. The molecule has 21 heavy (non-hydrogen) atoms. The van der Waals surface area contributed by atoms with E-state index >= 15 is 0 Å². The van der Waals surface area contributed by atoms with Crippen LogP contribution >= 0.6 is 0 Å². The lowest BCUT2D eigenvalue weighted by molar-refractivity contribution is -0.138. The van der Waals surface area contributed by atoms with Crippen molar-refractivity contribution < 1.29 is 9.53 Å². The van der Waals surface area contributed by atoms with E-state index in [2.05, 4.69) is 4.98 Å². The van der Waals surface area contributed by atoms with Crippen LogP contribution in [0.3, 0.4) is 0 Å². The molecule has 1 aliphatic rings. The van der Waals surface area contributed by atoms with Crippen LogP contribution in [0, 0.1) is 5.92 Å². The van der Waals surface area contributed by atoms with Crippen LogP contribution in [0.25, 0.3) is 0 Å². The summed E-state index contributed by atoms with van der Waals surface area (Å²) < 4.78 is 5.13. The van der Waals surface area contributed by atoms with Crippen LogP contribution in [0.4, 0.5) is 0 Å². The molecule has 2 rings (SSSR count). The molecule has 2 unspecified atom stereocenters. The van der Waals surface area contributed by atoms with Gasteiger partial charge in [-0.1, -0.05) is 12.5 Å². The van der Waals surface area contributed by atoms with Gasteiger partial charge in [-0.25, -0.2) is 0 Å². The molecule has 5 heteroatoms. The largest absolute Gasteiger partial charge is 0.383 e. The van der Waals surface area contributed by atoms with Gasteiger partial charge in [-0.05, 0) is 31.4 Å². The molecule has 1 aromatic rings. The molecule has 116 valence electrons. The van der Waals surface area contributed by atoms with E-state index in [1.807, 2.05) is 23.1 Å². The monoisotopic (exact) mass is 291 g/mol. The number of nitrogens with zero attached hydrogens (tertiary/aromatic N) is 2. The summed E-state index contributed by atoms with van der Waals surface area (Å²) >= 11 is 0. The van der Waals surface area contributed by atoms with Crippen LogP contribution in [0.2, 0.25) is 0 Å². The molecule has 1 aromatic heterocycles. The Morgan fingerprint density at radius 2 is 2.33 bits per heavy atom. The number of nitrogens with two attached hydrogens (primary N) is 1. The van der Waals surface area contributed by atoms with Crippen molar-refractivity contribution in [3.63, 3.8) is 0 Å². The second-order valence-electron chi connectivity index (χ2n) is 5.70. The van der Waals surface area contributed by atoms with Gasteiger partial charge in [0.25, 0.3) is 0 Å². The van der Waals surface area contributed by atoms with E-state index in [0.29, 0.717) is 19.7 Å². The smallest absolute Gasteiger partial charge is 0.226 e. The van der Waals surface area contributed by atoms with Crippen LogP contribution < -0.4 is 5.73 Å². The second-order valence-corrected chi connectivity index (χ2v) is 5.70. The predicted molar refractivity (Wildman–Crippen MR) is 81.5 cm³/mol. The zero-order valence-electron chi connectivity index (χ0n) is 12.7. The molecule has 2 atom stereocenters. The molecule has 0 bridgehead atoms. The summed E-state index contributed by atoms with van der Waals surface area (Å²) in [4.78, 5) is 18.9.